The van der Waals surface area contributed by atoms with Gasteiger partial charge in [-0.15, -0.1) is 0 Å². The zero-order valence-corrected chi connectivity index (χ0v) is 13.9. The van der Waals surface area contributed by atoms with E-state index in [0.717, 1.165) is 19.3 Å². The second-order valence-corrected chi connectivity index (χ2v) is 11.8. The number of unbranched alkanes of at least 4 members (excludes halogenated alkanes) is 2. The lowest BCUT2D eigenvalue weighted by Gasteiger charge is -2.11. The Morgan fingerprint density at radius 2 is 1.80 bits per heavy atom. The van der Waals surface area contributed by atoms with E-state index in [1.807, 2.05) is 18.2 Å². The zero-order chi connectivity index (χ0) is 14.8. The van der Waals surface area contributed by atoms with Crippen LogP contribution in [0.5, 0.6) is 0 Å². The lowest BCUT2D eigenvalue weighted by atomic mass is 10.2. The third kappa shape index (κ3) is 7.95. The first-order valence-electron chi connectivity index (χ1n) is 7.36. The summed E-state index contributed by atoms with van der Waals surface area (Å²) in [7, 11) is -0.941. The van der Waals surface area contributed by atoms with Crippen molar-refractivity contribution in [1.82, 2.24) is 0 Å². The third-order valence-electron chi connectivity index (χ3n) is 2.90. The van der Waals surface area contributed by atoms with Gasteiger partial charge in [-0.05, 0) is 37.4 Å². The van der Waals surface area contributed by atoms with E-state index in [0.29, 0.717) is 12.2 Å². The molecule has 110 valence electrons. The molecule has 0 atom stereocenters. The lowest BCUT2D eigenvalue weighted by Crippen LogP contribution is -2.17. The monoisotopic (exact) mass is 290 g/mol. The summed E-state index contributed by atoms with van der Waals surface area (Å²) in [6.45, 7) is 7.64. The summed E-state index contributed by atoms with van der Waals surface area (Å²) >= 11 is 0. The lowest BCUT2D eigenvalue weighted by molar-refractivity contribution is 0.0498. The van der Waals surface area contributed by atoms with Crippen molar-refractivity contribution in [1.29, 1.82) is 0 Å². The molecule has 0 saturated heterocycles. The second kappa shape index (κ2) is 8.75. The molecule has 3 heteroatoms. The van der Waals surface area contributed by atoms with E-state index < -0.39 is 8.07 Å². The van der Waals surface area contributed by atoms with Crippen LogP contribution >= 0.6 is 0 Å². The Hall–Kier alpha value is -1.35. The Morgan fingerprint density at radius 1 is 1.10 bits per heavy atom. The molecule has 0 heterocycles. The normalized spacial score (nSPS) is 11.8. The molecule has 0 aliphatic heterocycles. The first kappa shape index (κ1) is 16.7. The number of hydrogen-bond acceptors (Lipinski definition) is 2. The number of allylic oxidation sites excluding steroid dienone is 2. The van der Waals surface area contributed by atoms with E-state index in [1.165, 1.54) is 6.04 Å². The first-order valence-corrected chi connectivity index (χ1v) is 11.1. The van der Waals surface area contributed by atoms with Gasteiger partial charge >= 0.3 is 5.97 Å². The quantitative estimate of drug-likeness (QED) is 0.294. The summed E-state index contributed by atoms with van der Waals surface area (Å²) in [5, 5.41) is 0. The second-order valence-electron chi connectivity index (χ2n) is 6.23. The Morgan fingerprint density at radius 3 is 2.45 bits per heavy atom. The van der Waals surface area contributed by atoms with Crippen molar-refractivity contribution < 1.29 is 9.53 Å². The highest BCUT2D eigenvalue weighted by Gasteiger charge is 2.09. The third-order valence-corrected chi connectivity index (χ3v) is 4.37. The van der Waals surface area contributed by atoms with E-state index in [1.54, 1.807) is 12.1 Å². The van der Waals surface area contributed by atoms with E-state index in [2.05, 4.69) is 31.8 Å². The van der Waals surface area contributed by atoms with Gasteiger partial charge in [0.15, 0.2) is 0 Å². The molecule has 0 unspecified atom stereocenters. The van der Waals surface area contributed by atoms with Gasteiger partial charge in [-0.3, -0.25) is 0 Å². The molecule has 0 saturated carbocycles. The molecule has 0 radical (unpaired) electrons. The number of ether oxygens (including phenoxy) is 1. The summed E-state index contributed by atoms with van der Waals surface area (Å²) in [4.78, 5) is 11.7. The minimum Gasteiger partial charge on any atom is -0.462 e. The first-order chi connectivity index (χ1) is 9.49. The van der Waals surface area contributed by atoms with Crippen LogP contribution in [0.1, 0.15) is 29.6 Å². The Balaban J connectivity index is 2.07. The molecule has 0 N–H and O–H groups in total. The van der Waals surface area contributed by atoms with Gasteiger partial charge in [-0.1, -0.05) is 50.0 Å². The van der Waals surface area contributed by atoms with Gasteiger partial charge in [-0.25, -0.2) is 4.79 Å². The molecule has 2 nitrogen and oxygen atoms in total. The SMILES string of the molecule is C[Si](C)(C)C/C=C/CCCCOC(=O)c1ccccc1. The maximum atomic E-state index is 11.7. The number of carbonyl (C=O) groups excluding carboxylic acids is 1. The fraction of sp³-hybridized carbons (Fsp3) is 0.471. The van der Waals surface area contributed by atoms with Crippen LogP contribution < -0.4 is 0 Å². The Kier molecular flexibility index (Phi) is 7.30. The molecular formula is C17H26O2Si. The van der Waals surface area contributed by atoms with Crippen LogP contribution in [-0.4, -0.2) is 20.7 Å². The van der Waals surface area contributed by atoms with Gasteiger partial charge in [-0.2, -0.15) is 0 Å². The van der Waals surface area contributed by atoms with E-state index >= 15 is 0 Å². The van der Waals surface area contributed by atoms with Crippen LogP contribution in [0.25, 0.3) is 0 Å². The van der Waals surface area contributed by atoms with Crippen LogP contribution in [0.3, 0.4) is 0 Å². The fourth-order valence-corrected chi connectivity index (χ4v) is 2.62. The minimum absolute atomic E-state index is 0.222. The van der Waals surface area contributed by atoms with Crippen molar-refractivity contribution in [3.8, 4) is 0 Å². The number of carbonyl (C=O) groups is 1. The number of hydrogen-bond donors (Lipinski definition) is 0. The van der Waals surface area contributed by atoms with Gasteiger partial charge in [0, 0.05) is 8.07 Å². The molecule has 1 rings (SSSR count). The topological polar surface area (TPSA) is 26.3 Å². The van der Waals surface area contributed by atoms with Crippen molar-refractivity contribution >= 4 is 14.0 Å². The van der Waals surface area contributed by atoms with Crippen LogP contribution in [-0.2, 0) is 4.74 Å². The summed E-state index contributed by atoms with van der Waals surface area (Å²) in [6.07, 6.45) is 7.65. The Bertz CT molecular complexity index is 418. The van der Waals surface area contributed by atoms with Crippen molar-refractivity contribution in [3.63, 3.8) is 0 Å². The zero-order valence-electron chi connectivity index (χ0n) is 12.9. The molecule has 0 fully saturated rings. The van der Waals surface area contributed by atoms with Gasteiger partial charge in [0.25, 0.3) is 0 Å². The highest BCUT2D eigenvalue weighted by atomic mass is 28.3. The predicted molar refractivity (Wildman–Crippen MR) is 87.9 cm³/mol. The van der Waals surface area contributed by atoms with Gasteiger partial charge in [0.1, 0.15) is 0 Å². The maximum absolute atomic E-state index is 11.7. The number of benzene rings is 1. The van der Waals surface area contributed by atoms with E-state index in [9.17, 15) is 4.79 Å². The van der Waals surface area contributed by atoms with Crippen LogP contribution in [0, 0.1) is 0 Å². The average Bonchev–Trinajstić information content (AvgIpc) is 2.41. The maximum Gasteiger partial charge on any atom is 0.338 e. The molecule has 0 amide bonds. The smallest absolute Gasteiger partial charge is 0.338 e. The van der Waals surface area contributed by atoms with E-state index in [-0.39, 0.29) is 5.97 Å². The fourth-order valence-electron chi connectivity index (χ4n) is 1.74. The highest BCUT2D eigenvalue weighted by Crippen LogP contribution is 2.09. The molecule has 0 bridgehead atoms. The van der Waals surface area contributed by atoms with Crippen molar-refractivity contribution in [2.75, 3.05) is 6.61 Å². The average molecular weight is 290 g/mol. The molecule has 0 aliphatic rings. The minimum atomic E-state index is -0.941. The van der Waals surface area contributed by atoms with Gasteiger partial charge in [0.05, 0.1) is 12.2 Å². The largest absolute Gasteiger partial charge is 0.462 e. The predicted octanol–water partition coefficient (Wildman–Crippen LogP) is 4.91. The molecular weight excluding hydrogens is 264 g/mol. The molecule has 0 spiro atoms. The van der Waals surface area contributed by atoms with Gasteiger partial charge < -0.3 is 4.74 Å². The van der Waals surface area contributed by atoms with Gasteiger partial charge in [0.2, 0.25) is 0 Å². The standard InChI is InChI=1S/C17H26O2Si/c1-20(2,3)15-11-6-4-5-10-14-19-17(18)16-12-8-7-9-13-16/h6-9,11-13H,4-5,10,14-15H2,1-3H3/b11-6+. The summed E-state index contributed by atoms with van der Waals surface area (Å²) < 4.78 is 5.23. The Labute approximate surface area is 123 Å². The molecule has 1 aromatic rings. The number of rotatable bonds is 8. The summed E-state index contributed by atoms with van der Waals surface area (Å²) in [6, 6.07) is 10.4. The van der Waals surface area contributed by atoms with E-state index in [4.69, 9.17) is 4.74 Å². The van der Waals surface area contributed by atoms with Crippen molar-refractivity contribution in [3.05, 3.63) is 48.0 Å². The molecule has 0 aliphatic carbocycles. The van der Waals surface area contributed by atoms with Crippen molar-refractivity contribution in [2.24, 2.45) is 0 Å². The van der Waals surface area contributed by atoms with Crippen LogP contribution in [0.4, 0.5) is 0 Å². The van der Waals surface area contributed by atoms with Crippen LogP contribution in [0.15, 0.2) is 42.5 Å². The van der Waals surface area contributed by atoms with Crippen LogP contribution in [0.2, 0.25) is 25.7 Å². The molecule has 20 heavy (non-hydrogen) atoms. The summed E-state index contributed by atoms with van der Waals surface area (Å²) in [5.41, 5.74) is 0.627. The molecule has 1 aromatic carbocycles. The molecule has 0 aromatic heterocycles. The summed E-state index contributed by atoms with van der Waals surface area (Å²) in [5.74, 6) is -0.222. The highest BCUT2D eigenvalue weighted by molar-refractivity contribution is 6.76. The van der Waals surface area contributed by atoms with Crippen molar-refractivity contribution in [2.45, 2.75) is 44.9 Å². The number of esters is 1.